The molecular weight excluding hydrogens is 186 g/mol. The van der Waals surface area contributed by atoms with Crippen LogP contribution in [0.5, 0.6) is 0 Å². The van der Waals surface area contributed by atoms with Gasteiger partial charge in [0.15, 0.2) is 11.6 Å². The number of benzene rings is 1. The molecule has 0 heterocycles. The minimum Gasteiger partial charge on any atom is -0.383 e. The Balaban J connectivity index is 3.03. The molecule has 0 aliphatic heterocycles. The molecule has 0 amide bonds. The van der Waals surface area contributed by atoms with Gasteiger partial charge in [-0.05, 0) is 32.0 Å². The quantitative estimate of drug-likeness (QED) is 0.573. The van der Waals surface area contributed by atoms with Crippen molar-refractivity contribution in [2.75, 3.05) is 0 Å². The SMILES string of the molecule is CC(C)N=C(N)c1ccc(F)c(F)c1. The number of hydrogen-bond donors (Lipinski definition) is 1. The van der Waals surface area contributed by atoms with Gasteiger partial charge >= 0.3 is 0 Å². The molecule has 4 heteroatoms. The highest BCUT2D eigenvalue weighted by atomic mass is 19.2. The van der Waals surface area contributed by atoms with Crippen LogP contribution < -0.4 is 5.73 Å². The van der Waals surface area contributed by atoms with Crippen LogP contribution in [-0.4, -0.2) is 11.9 Å². The second-order valence-corrected chi connectivity index (χ2v) is 3.24. The zero-order chi connectivity index (χ0) is 10.7. The van der Waals surface area contributed by atoms with E-state index in [0.29, 0.717) is 5.56 Å². The number of aliphatic imine (C=N–C) groups is 1. The van der Waals surface area contributed by atoms with Crippen molar-refractivity contribution in [2.24, 2.45) is 10.7 Å². The largest absolute Gasteiger partial charge is 0.383 e. The van der Waals surface area contributed by atoms with E-state index < -0.39 is 11.6 Å². The number of halogens is 2. The highest BCUT2D eigenvalue weighted by Crippen LogP contribution is 2.08. The lowest BCUT2D eigenvalue weighted by molar-refractivity contribution is 0.508. The normalized spacial score (nSPS) is 12.2. The third-order valence-corrected chi connectivity index (χ3v) is 1.61. The van der Waals surface area contributed by atoms with Gasteiger partial charge in [0.25, 0.3) is 0 Å². The molecular formula is C10H12F2N2. The van der Waals surface area contributed by atoms with Gasteiger partial charge in [-0.3, -0.25) is 4.99 Å². The van der Waals surface area contributed by atoms with E-state index in [4.69, 9.17) is 5.73 Å². The standard InChI is InChI=1S/C10H12F2N2/c1-6(2)14-10(13)7-3-4-8(11)9(12)5-7/h3-6H,1-2H3,(H2,13,14). The zero-order valence-electron chi connectivity index (χ0n) is 8.09. The number of amidine groups is 1. The van der Waals surface area contributed by atoms with Crippen LogP contribution in [0.2, 0.25) is 0 Å². The maximum atomic E-state index is 12.8. The first-order chi connectivity index (χ1) is 6.50. The van der Waals surface area contributed by atoms with E-state index in [-0.39, 0.29) is 11.9 Å². The topological polar surface area (TPSA) is 38.4 Å². The van der Waals surface area contributed by atoms with Crippen molar-refractivity contribution in [3.8, 4) is 0 Å². The Morgan fingerprint density at radius 2 is 1.93 bits per heavy atom. The molecule has 2 N–H and O–H groups in total. The molecule has 0 unspecified atom stereocenters. The summed E-state index contributed by atoms with van der Waals surface area (Å²) in [5.41, 5.74) is 5.98. The third kappa shape index (κ3) is 2.52. The summed E-state index contributed by atoms with van der Waals surface area (Å²) in [5.74, 6) is -1.57. The highest BCUT2D eigenvalue weighted by Gasteiger charge is 2.05. The predicted octanol–water partition coefficient (Wildman–Crippen LogP) is 2.08. The minimum atomic E-state index is -0.913. The summed E-state index contributed by atoms with van der Waals surface area (Å²) in [6.45, 7) is 3.71. The smallest absolute Gasteiger partial charge is 0.159 e. The lowest BCUT2D eigenvalue weighted by Gasteiger charge is -2.03. The molecule has 0 saturated carbocycles. The van der Waals surface area contributed by atoms with Crippen molar-refractivity contribution in [2.45, 2.75) is 19.9 Å². The molecule has 1 aromatic carbocycles. The molecule has 0 spiro atoms. The van der Waals surface area contributed by atoms with Gasteiger partial charge in [-0.1, -0.05) is 0 Å². The van der Waals surface area contributed by atoms with Gasteiger partial charge in [0.2, 0.25) is 0 Å². The first-order valence-electron chi connectivity index (χ1n) is 4.29. The van der Waals surface area contributed by atoms with Gasteiger partial charge < -0.3 is 5.73 Å². The van der Waals surface area contributed by atoms with E-state index in [1.807, 2.05) is 13.8 Å². The Kier molecular flexibility index (Phi) is 3.17. The highest BCUT2D eigenvalue weighted by molar-refractivity contribution is 5.97. The molecule has 0 bridgehead atoms. The number of rotatable bonds is 2. The molecule has 0 aliphatic rings. The summed E-state index contributed by atoms with van der Waals surface area (Å²) in [6, 6.07) is 3.51. The summed E-state index contributed by atoms with van der Waals surface area (Å²) < 4.78 is 25.4. The van der Waals surface area contributed by atoms with Crippen molar-refractivity contribution in [1.29, 1.82) is 0 Å². The maximum absolute atomic E-state index is 12.8. The summed E-state index contributed by atoms with van der Waals surface area (Å²) in [7, 11) is 0. The molecule has 0 atom stereocenters. The van der Waals surface area contributed by atoms with Gasteiger partial charge in [0, 0.05) is 11.6 Å². The van der Waals surface area contributed by atoms with Crippen molar-refractivity contribution in [1.82, 2.24) is 0 Å². The predicted molar refractivity (Wildman–Crippen MR) is 52.2 cm³/mol. The average molecular weight is 198 g/mol. The lowest BCUT2D eigenvalue weighted by Crippen LogP contribution is -2.16. The lowest BCUT2D eigenvalue weighted by atomic mass is 10.2. The van der Waals surface area contributed by atoms with Crippen molar-refractivity contribution >= 4 is 5.84 Å². The molecule has 0 fully saturated rings. The first kappa shape index (κ1) is 10.6. The minimum absolute atomic E-state index is 0.0307. The van der Waals surface area contributed by atoms with Crippen molar-refractivity contribution < 1.29 is 8.78 Å². The Hall–Kier alpha value is -1.45. The monoisotopic (exact) mass is 198 g/mol. The fraction of sp³-hybridized carbons (Fsp3) is 0.300. The molecule has 0 saturated heterocycles. The third-order valence-electron chi connectivity index (χ3n) is 1.61. The molecule has 0 aliphatic carbocycles. The van der Waals surface area contributed by atoms with E-state index in [1.54, 1.807) is 0 Å². The zero-order valence-corrected chi connectivity index (χ0v) is 8.09. The second-order valence-electron chi connectivity index (χ2n) is 3.24. The molecule has 0 aromatic heterocycles. The summed E-state index contributed by atoms with van der Waals surface area (Å²) in [4.78, 5) is 4.02. The van der Waals surface area contributed by atoms with Crippen LogP contribution in [0, 0.1) is 11.6 Å². The van der Waals surface area contributed by atoms with Crippen LogP contribution in [0.25, 0.3) is 0 Å². The first-order valence-corrected chi connectivity index (χ1v) is 4.29. The molecule has 2 nitrogen and oxygen atoms in total. The molecule has 76 valence electrons. The Morgan fingerprint density at radius 3 is 2.43 bits per heavy atom. The molecule has 14 heavy (non-hydrogen) atoms. The van der Waals surface area contributed by atoms with E-state index in [2.05, 4.69) is 4.99 Å². The van der Waals surface area contributed by atoms with Crippen LogP contribution in [0.1, 0.15) is 19.4 Å². The van der Waals surface area contributed by atoms with Gasteiger partial charge in [0.05, 0.1) is 0 Å². The van der Waals surface area contributed by atoms with Gasteiger partial charge in [-0.25, -0.2) is 8.78 Å². The fourth-order valence-corrected chi connectivity index (χ4v) is 1.01. The van der Waals surface area contributed by atoms with Gasteiger partial charge in [-0.15, -0.1) is 0 Å². The molecule has 1 rings (SSSR count). The van der Waals surface area contributed by atoms with Gasteiger partial charge in [0.1, 0.15) is 5.84 Å². The van der Waals surface area contributed by atoms with Crippen LogP contribution >= 0.6 is 0 Å². The number of nitrogens with zero attached hydrogens (tertiary/aromatic N) is 1. The summed E-state index contributed by atoms with van der Waals surface area (Å²) in [6.07, 6.45) is 0. The Bertz CT molecular complexity index is 359. The molecule has 0 radical (unpaired) electrons. The average Bonchev–Trinajstić information content (AvgIpc) is 2.08. The number of hydrogen-bond acceptors (Lipinski definition) is 1. The Labute approximate surface area is 81.5 Å². The summed E-state index contributed by atoms with van der Waals surface area (Å²) >= 11 is 0. The van der Waals surface area contributed by atoms with E-state index >= 15 is 0 Å². The van der Waals surface area contributed by atoms with Gasteiger partial charge in [-0.2, -0.15) is 0 Å². The van der Waals surface area contributed by atoms with E-state index in [0.717, 1.165) is 12.1 Å². The fourth-order valence-electron chi connectivity index (χ4n) is 1.01. The van der Waals surface area contributed by atoms with Crippen LogP contribution in [-0.2, 0) is 0 Å². The molecule has 1 aromatic rings. The summed E-state index contributed by atoms with van der Waals surface area (Å²) in [5, 5.41) is 0. The van der Waals surface area contributed by atoms with Crippen LogP contribution in [0.15, 0.2) is 23.2 Å². The Morgan fingerprint density at radius 1 is 1.29 bits per heavy atom. The van der Waals surface area contributed by atoms with Crippen molar-refractivity contribution in [3.05, 3.63) is 35.4 Å². The van der Waals surface area contributed by atoms with E-state index in [9.17, 15) is 8.78 Å². The van der Waals surface area contributed by atoms with Crippen LogP contribution in [0.3, 0.4) is 0 Å². The van der Waals surface area contributed by atoms with Crippen molar-refractivity contribution in [3.63, 3.8) is 0 Å². The van der Waals surface area contributed by atoms with Crippen LogP contribution in [0.4, 0.5) is 8.78 Å². The van der Waals surface area contributed by atoms with E-state index in [1.165, 1.54) is 6.07 Å². The second kappa shape index (κ2) is 4.17. The number of nitrogens with two attached hydrogens (primary N) is 1. The maximum Gasteiger partial charge on any atom is 0.159 e.